The van der Waals surface area contributed by atoms with Crippen molar-refractivity contribution in [3.63, 3.8) is 0 Å². The lowest BCUT2D eigenvalue weighted by Crippen LogP contribution is -2.39. The second-order valence-electron chi connectivity index (χ2n) is 9.25. The number of rotatable bonds is 6. The SMILES string of the molecule is CC(C)(C)C1CCC(NC(=O)c2ccc(COc3ccc([N+](=O)[O-])cc3Cl)cc2)CC1. The molecule has 7 heteroatoms. The van der Waals surface area contributed by atoms with Crippen molar-refractivity contribution in [3.05, 3.63) is 68.7 Å². The van der Waals surface area contributed by atoms with E-state index in [2.05, 4.69) is 26.1 Å². The Hall–Kier alpha value is -2.60. The van der Waals surface area contributed by atoms with Crippen molar-refractivity contribution in [2.75, 3.05) is 0 Å². The number of carbonyl (C=O) groups is 1. The summed E-state index contributed by atoms with van der Waals surface area (Å²) in [6, 6.07) is 11.6. The molecule has 0 aliphatic heterocycles. The van der Waals surface area contributed by atoms with Crippen LogP contribution < -0.4 is 10.1 Å². The van der Waals surface area contributed by atoms with Crippen LogP contribution in [0.2, 0.25) is 5.02 Å². The van der Waals surface area contributed by atoms with Gasteiger partial charge in [0.1, 0.15) is 12.4 Å². The Balaban J connectivity index is 1.51. The van der Waals surface area contributed by atoms with Gasteiger partial charge >= 0.3 is 0 Å². The molecule has 0 aromatic heterocycles. The average molecular weight is 445 g/mol. The van der Waals surface area contributed by atoms with E-state index in [1.54, 1.807) is 12.1 Å². The summed E-state index contributed by atoms with van der Waals surface area (Å²) in [5.74, 6) is 1.04. The molecule has 1 fully saturated rings. The minimum atomic E-state index is -0.504. The Labute approximate surface area is 188 Å². The highest BCUT2D eigenvalue weighted by Gasteiger charge is 2.30. The van der Waals surface area contributed by atoms with Crippen LogP contribution in [-0.2, 0) is 6.61 Å². The largest absolute Gasteiger partial charge is 0.487 e. The number of amides is 1. The van der Waals surface area contributed by atoms with Gasteiger partial charge in [-0.1, -0.05) is 44.5 Å². The van der Waals surface area contributed by atoms with E-state index in [9.17, 15) is 14.9 Å². The molecule has 31 heavy (non-hydrogen) atoms. The van der Waals surface area contributed by atoms with Crippen LogP contribution in [0.4, 0.5) is 5.69 Å². The van der Waals surface area contributed by atoms with E-state index in [0.717, 1.165) is 31.2 Å². The first kappa shape index (κ1) is 23.1. The molecule has 0 spiro atoms. The zero-order valence-electron chi connectivity index (χ0n) is 18.2. The number of ether oxygens (including phenoxy) is 1. The lowest BCUT2D eigenvalue weighted by atomic mass is 9.71. The zero-order chi connectivity index (χ0) is 22.6. The van der Waals surface area contributed by atoms with Gasteiger partial charge in [0.2, 0.25) is 0 Å². The molecule has 0 atom stereocenters. The van der Waals surface area contributed by atoms with Crippen LogP contribution in [0.25, 0.3) is 0 Å². The summed E-state index contributed by atoms with van der Waals surface area (Å²) >= 11 is 6.05. The van der Waals surface area contributed by atoms with E-state index in [1.165, 1.54) is 18.2 Å². The first-order chi connectivity index (χ1) is 14.6. The Morgan fingerprint density at radius 3 is 2.32 bits per heavy atom. The first-order valence-electron chi connectivity index (χ1n) is 10.6. The molecular formula is C24H29ClN2O4. The van der Waals surface area contributed by atoms with Crippen LogP contribution in [-0.4, -0.2) is 16.9 Å². The summed E-state index contributed by atoms with van der Waals surface area (Å²) in [5, 5.41) is 14.1. The van der Waals surface area contributed by atoms with Gasteiger partial charge in [0.25, 0.3) is 11.6 Å². The molecule has 2 aromatic rings. The van der Waals surface area contributed by atoms with Gasteiger partial charge in [0, 0.05) is 23.7 Å². The summed E-state index contributed by atoms with van der Waals surface area (Å²) in [7, 11) is 0. The highest BCUT2D eigenvalue weighted by atomic mass is 35.5. The standard InChI is InChI=1S/C24H29ClN2O4/c1-24(2,3)18-8-10-19(11-9-18)26-23(28)17-6-4-16(5-7-17)15-31-22-13-12-20(27(29)30)14-21(22)25/h4-7,12-14,18-19H,8-11,15H2,1-3H3,(H,26,28). The maximum absolute atomic E-state index is 12.6. The second kappa shape index (κ2) is 9.69. The minimum absolute atomic E-state index is 0.0508. The summed E-state index contributed by atoms with van der Waals surface area (Å²) in [5.41, 5.74) is 1.73. The number of nitrogens with zero attached hydrogens (tertiary/aromatic N) is 1. The Kier molecular flexibility index (Phi) is 7.21. The smallest absolute Gasteiger partial charge is 0.271 e. The predicted octanol–water partition coefficient (Wildman–Crippen LogP) is 6.16. The topological polar surface area (TPSA) is 81.5 Å². The van der Waals surface area contributed by atoms with Crippen molar-refractivity contribution in [1.82, 2.24) is 5.32 Å². The quantitative estimate of drug-likeness (QED) is 0.427. The highest BCUT2D eigenvalue weighted by molar-refractivity contribution is 6.32. The fourth-order valence-corrected chi connectivity index (χ4v) is 4.24. The molecule has 2 aromatic carbocycles. The first-order valence-corrected chi connectivity index (χ1v) is 11.0. The maximum atomic E-state index is 12.6. The van der Waals surface area contributed by atoms with Crippen molar-refractivity contribution >= 4 is 23.2 Å². The van der Waals surface area contributed by atoms with E-state index in [4.69, 9.17) is 16.3 Å². The fraction of sp³-hybridized carbons (Fsp3) is 0.458. The van der Waals surface area contributed by atoms with Crippen LogP contribution in [0.5, 0.6) is 5.75 Å². The minimum Gasteiger partial charge on any atom is -0.487 e. The molecule has 6 nitrogen and oxygen atoms in total. The number of non-ortho nitro benzene ring substituents is 1. The lowest BCUT2D eigenvalue weighted by Gasteiger charge is -2.37. The molecular weight excluding hydrogens is 416 g/mol. The number of nitro groups is 1. The number of hydrogen-bond acceptors (Lipinski definition) is 4. The van der Waals surface area contributed by atoms with Gasteiger partial charge < -0.3 is 10.1 Å². The van der Waals surface area contributed by atoms with Crippen LogP contribution in [0, 0.1) is 21.4 Å². The van der Waals surface area contributed by atoms with E-state index in [-0.39, 0.29) is 29.3 Å². The monoisotopic (exact) mass is 444 g/mol. The van der Waals surface area contributed by atoms with Gasteiger partial charge in [-0.05, 0) is 60.8 Å². The molecule has 0 heterocycles. The Morgan fingerprint density at radius 2 is 1.77 bits per heavy atom. The third kappa shape index (κ3) is 6.20. The van der Waals surface area contributed by atoms with E-state index < -0.39 is 4.92 Å². The summed E-state index contributed by atoms with van der Waals surface area (Å²) in [6.45, 7) is 7.11. The second-order valence-corrected chi connectivity index (χ2v) is 9.65. The summed E-state index contributed by atoms with van der Waals surface area (Å²) in [4.78, 5) is 22.9. The van der Waals surface area contributed by atoms with Crippen LogP contribution >= 0.6 is 11.6 Å². The molecule has 0 radical (unpaired) electrons. The summed E-state index contributed by atoms with van der Waals surface area (Å²) < 4.78 is 5.66. The molecule has 1 aliphatic rings. The van der Waals surface area contributed by atoms with Crippen LogP contribution in [0.1, 0.15) is 62.4 Å². The Morgan fingerprint density at radius 1 is 1.13 bits per heavy atom. The van der Waals surface area contributed by atoms with E-state index in [1.807, 2.05) is 12.1 Å². The fourth-order valence-electron chi connectivity index (χ4n) is 4.01. The van der Waals surface area contributed by atoms with Gasteiger partial charge in [-0.3, -0.25) is 14.9 Å². The molecule has 166 valence electrons. The van der Waals surface area contributed by atoms with Crippen LogP contribution in [0.15, 0.2) is 42.5 Å². The molecule has 1 N–H and O–H groups in total. The number of carbonyl (C=O) groups excluding carboxylic acids is 1. The number of nitrogens with one attached hydrogen (secondary N) is 1. The number of hydrogen-bond donors (Lipinski definition) is 1. The molecule has 1 aliphatic carbocycles. The zero-order valence-corrected chi connectivity index (χ0v) is 18.9. The molecule has 0 bridgehead atoms. The molecule has 3 rings (SSSR count). The molecule has 0 unspecified atom stereocenters. The lowest BCUT2D eigenvalue weighted by molar-refractivity contribution is -0.384. The van der Waals surface area contributed by atoms with Gasteiger partial charge in [-0.15, -0.1) is 0 Å². The number of nitro benzene ring substituents is 1. The van der Waals surface area contributed by atoms with Crippen molar-refractivity contribution in [2.24, 2.45) is 11.3 Å². The highest BCUT2D eigenvalue weighted by Crippen LogP contribution is 2.37. The third-order valence-corrected chi connectivity index (χ3v) is 6.32. The van der Waals surface area contributed by atoms with Gasteiger partial charge in [-0.2, -0.15) is 0 Å². The van der Waals surface area contributed by atoms with E-state index >= 15 is 0 Å². The molecule has 1 amide bonds. The normalized spacial score (nSPS) is 19.0. The van der Waals surface area contributed by atoms with Crippen molar-refractivity contribution in [1.29, 1.82) is 0 Å². The Bertz CT molecular complexity index is 930. The van der Waals surface area contributed by atoms with Crippen LogP contribution in [0.3, 0.4) is 0 Å². The maximum Gasteiger partial charge on any atom is 0.271 e. The third-order valence-electron chi connectivity index (χ3n) is 6.02. The predicted molar refractivity (Wildman–Crippen MR) is 122 cm³/mol. The number of halogens is 1. The van der Waals surface area contributed by atoms with Gasteiger partial charge in [0.15, 0.2) is 0 Å². The van der Waals surface area contributed by atoms with Crippen molar-refractivity contribution < 1.29 is 14.5 Å². The number of benzene rings is 2. The summed E-state index contributed by atoms with van der Waals surface area (Å²) in [6.07, 6.45) is 4.34. The molecule has 1 saturated carbocycles. The van der Waals surface area contributed by atoms with Crippen molar-refractivity contribution in [2.45, 2.75) is 59.1 Å². The van der Waals surface area contributed by atoms with Gasteiger partial charge in [-0.25, -0.2) is 0 Å². The van der Waals surface area contributed by atoms with Gasteiger partial charge in [0.05, 0.1) is 9.95 Å². The van der Waals surface area contributed by atoms with E-state index in [0.29, 0.717) is 22.6 Å². The van der Waals surface area contributed by atoms with Crippen molar-refractivity contribution in [3.8, 4) is 5.75 Å². The molecule has 0 saturated heterocycles. The average Bonchev–Trinajstić information content (AvgIpc) is 2.73.